The van der Waals surface area contributed by atoms with Crippen LogP contribution in [0, 0.1) is 18.3 Å². The molecule has 0 aliphatic heterocycles. The lowest BCUT2D eigenvalue weighted by Crippen LogP contribution is -2.20. The first-order valence-electron chi connectivity index (χ1n) is 11.7. The zero-order chi connectivity index (χ0) is 26.5. The summed E-state index contributed by atoms with van der Waals surface area (Å²) in [5.41, 5.74) is 2.01. The van der Waals surface area contributed by atoms with Gasteiger partial charge in [-0.15, -0.1) is 0 Å². The third-order valence-electron chi connectivity index (χ3n) is 5.73. The van der Waals surface area contributed by atoms with Crippen molar-refractivity contribution < 1.29 is 14.3 Å². The average Bonchev–Trinajstić information content (AvgIpc) is 2.89. The van der Waals surface area contributed by atoms with E-state index < -0.39 is 11.5 Å². The molecule has 1 N–H and O–H groups in total. The molecule has 4 rings (SSSR count). The highest BCUT2D eigenvalue weighted by Crippen LogP contribution is 2.32. The molecule has 0 atom stereocenters. The van der Waals surface area contributed by atoms with E-state index in [1.165, 1.54) is 10.5 Å². The highest BCUT2D eigenvalue weighted by atomic mass is 16.5. The Balaban J connectivity index is 1.81. The predicted molar refractivity (Wildman–Crippen MR) is 142 cm³/mol. The molecule has 0 radical (unpaired) electrons. The van der Waals surface area contributed by atoms with E-state index in [0.717, 1.165) is 11.1 Å². The molecule has 2 heterocycles. The average molecular weight is 495 g/mol. The van der Waals surface area contributed by atoms with Crippen molar-refractivity contribution in [2.75, 3.05) is 12.4 Å². The molecule has 0 saturated carbocycles. The molecule has 2 aromatic heterocycles. The Kier molecular flexibility index (Phi) is 7.35. The van der Waals surface area contributed by atoms with E-state index >= 15 is 0 Å². The Bertz CT molecular complexity index is 1600. The number of amides is 1. The summed E-state index contributed by atoms with van der Waals surface area (Å²) in [5, 5.41) is 12.5. The Labute approximate surface area is 214 Å². The fourth-order valence-corrected chi connectivity index (χ4v) is 3.76. The fourth-order valence-electron chi connectivity index (χ4n) is 3.76. The number of anilines is 1. The van der Waals surface area contributed by atoms with Gasteiger partial charge in [0.15, 0.2) is 0 Å². The molecule has 37 heavy (non-hydrogen) atoms. The van der Waals surface area contributed by atoms with E-state index in [9.17, 15) is 14.9 Å². The smallest absolute Gasteiger partial charge is 0.269 e. The second-order valence-corrected chi connectivity index (χ2v) is 8.72. The van der Waals surface area contributed by atoms with Crippen molar-refractivity contribution in [1.82, 2.24) is 9.38 Å². The minimum absolute atomic E-state index is 0.00805. The van der Waals surface area contributed by atoms with Crippen molar-refractivity contribution in [2.24, 2.45) is 0 Å². The number of aryl methyl sites for hydroxylation is 1. The van der Waals surface area contributed by atoms with Crippen LogP contribution in [-0.4, -0.2) is 22.4 Å². The number of nitriles is 1. The third-order valence-corrected chi connectivity index (χ3v) is 5.73. The second-order valence-electron chi connectivity index (χ2n) is 8.72. The van der Waals surface area contributed by atoms with E-state index in [1.54, 1.807) is 55.8 Å². The monoisotopic (exact) mass is 494 g/mol. The number of rotatable bonds is 7. The summed E-state index contributed by atoms with van der Waals surface area (Å²) in [4.78, 5) is 31.0. The zero-order valence-corrected chi connectivity index (χ0v) is 21.0. The number of carbonyl (C=O) groups excluding carboxylic acids is 1. The summed E-state index contributed by atoms with van der Waals surface area (Å²) >= 11 is 0. The number of hydrogen-bond donors (Lipinski definition) is 1. The largest absolute Gasteiger partial charge is 0.497 e. The standard InChI is InChI=1S/C29H26N4O4/c1-18(2)23-13-8-19(3)15-25(23)37-28-24(29(35)33-14-6-5-7-26(33)32-28)16-20(17-30)27(34)31-21-9-11-22(36-4)12-10-21/h5-16,18H,1-4H3,(H,31,34)/b20-16+. The molecule has 1 amide bonds. The summed E-state index contributed by atoms with van der Waals surface area (Å²) in [7, 11) is 1.54. The molecule has 0 unspecified atom stereocenters. The van der Waals surface area contributed by atoms with Crippen molar-refractivity contribution in [1.29, 1.82) is 5.26 Å². The van der Waals surface area contributed by atoms with Gasteiger partial charge in [-0.25, -0.2) is 0 Å². The highest BCUT2D eigenvalue weighted by molar-refractivity contribution is 6.09. The Morgan fingerprint density at radius 3 is 2.57 bits per heavy atom. The minimum atomic E-state index is -0.672. The Hall–Kier alpha value is -4.90. The molecule has 8 nitrogen and oxygen atoms in total. The number of hydrogen-bond acceptors (Lipinski definition) is 6. The molecule has 0 bridgehead atoms. The molecule has 186 valence electrons. The minimum Gasteiger partial charge on any atom is -0.497 e. The number of methoxy groups -OCH3 is 1. The van der Waals surface area contributed by atoms with Gasteiger partial charge in [0.2, 0.25) is 5.88 Å². The number of nitrogens with zero attached hydrogens (tertiary/aromatic N) is 3. The predicted octanol–water partition coefficient (Wildman–Crippen LogP) is 5.47. The summed E-state index contributed by atoms with van der Waals surface area (Å²) in [5.74, 6) is 0.672. The van der Waals surface area contributed by atoms with Crippen LogP contribution in [0.5, 0.6) is 17.4 Å². The van der Waals surface area contributed by atoms with Gasteiger partial charge in [-0.3, -0.25) is 14.0 Å². The number of carbonyl (C=O) groups is 1. The molecule has 0 aliphatic carbocycles. The van der Waals surface area contributed by atoms with Crippen LogP contribution in [-0.2, 0) is 4.79 Å². The molecule has 2 aromatic carbocycles. The quantitative estimate of drug-likeness (QED) is 0.270. The van der Waals surface area contributed by atoms with Gasteiger partial charge < -0.3 is 14.8 Å². The summed E-state index contributed by atoms with van der Waals surface area (Å²) in [6, 6.07) is 19.5. The van der Waals surface area contributed by atoms with Crippen molar-refractivity contribution in [2.45, 2.75) is 26.7 Å². The molecule has 4 aromatic rings. The van der Waals surface area contributed by atoms with Crippen LogP contribution >= 0.6 is 0 Å². The van der Waals surface area contributed by atoms with Gasteiger partial charge in [-0.1, -0.05) is 32.0 Å². The number of pyridine rings is 1. The van der Waals surface area contributed by atoms with E-state index in [4.69, 9.17) is 9.47 Å². The van der Waals surface area contributed by atoms with Crippen LogP contribution in [0.3, 0.4) is 0 Å². The molecular weight excluding hydrogens is 468 g/mol. The summed E-state index contributed by atoms with van der Waals surface area (Å²) in [6.07, 6.45) is 2.79. The highest BCUT2D eigenvalue weighted by Gasteiger charge is 2.19. The number of benzene rings is 2. The molecule has 0 aliphatic rings. The van der Waals surface area contributed by atoms with Crippen molar-refractivity contribution in [3.8, 4) is 23.4 Å². The van der Waals surface area contributed by atoms with Crippen LogP contribution in [0.4, 0.5) is 5.69 Å². The summed E-state index contributed by atoms with van der Waals surface area (Å²) < 4.78 is 12.7. The van der Waals surface area contributed by atoms with Crippen molar-refractivity contribution in [3.63, 3.8) is 0 Å². The van der Waals surface area contributed by atoms with Crippen LogP contribution in [0.1, 0.15) is 36.5 Å². The van der Waals surface area contributed by atoms with E-state index in [1.807, 2.05) is 45.0 Å². The number of ether oxygens (including phenoxy) is 2. The maximum atomic E-state index is 13.5. The normalized spacial score (nSPS) is 11.3. The SMILES string of the molecule is COc1ccc(NC(=O)/C(C#N)=C/c2c(Oc3cc(C)ccc3C(C)C)nc3ccccn3c2=O)cc1. The van der Waals surface area contributed by atoms with Crippen LogP contribution < -0.4 is 20.3 Å². The van der Waals surface area contributed by atoms with Gasteiger partial charge in [0, 0.05) is 11.9 Å². The Morgan fingerprint density at radius 2 is 1.89 bits per heavy atom. The lowest BCUT2D eigenvalue weighted by molar-refractivity contribution is -0.112. The lowest BCUT2D eigenvalue weighted by atomic mass is 10.0. The first kappa shape index (κ1) is 25.2. The lowest BCUT2D eigenvalue weighted by Gasteiger charge is -2.16. The van der Waals surface area contributed by atoms with Crippen molar-refractivity contribution in [3.05, 3.63) is 99.5 Å². The number of fused-ring (bicyclic) bond motifs is 1. The molecule has 8 heteroatoms. The van der Waals surface area contributed by atoms with E-state index in [2.05, 4.69) is 10.3 Å². The molecule has 0 fully saturated rings. The maximum absolute atomic E-state index is 13.5. The van der Waals surface area contributed by atoms with Gasteiger partial charge >= 0.3 is 0 Å². The molecule has 0 saturated heterocycles. The van der Waals surface area contributed by atoms with Crippen LogP contribution in [0.25, 0.3) is 11.7 Å². The van der Waals surface area contributed by atoms with Gasteiger partial charge in [0.25, 0.3) is 11.5 Å². The topological polar surface area (TPSA) is 106 Å². The van der Waals surface area contributed by atoms with Gasteiger partial charge in [0.05, 0.1) is 7.11 Å². The Morgan fingerprint density at radius 1 is 1.14 bits per heavy atom. The van der Waals surface area contributed by atoms with Gasteiger partial charge in [-0.05, 0) is 72.5 Å². The van der Waals surface area contributed by atoms with Crippen LogP contribution in [0.15, 0.2) is 77.2 Å². The fraction of sp³-hybridized carbons (Fsp3) is 0.172. The van der Waals surface area contributed by atoms with E-state index in [0.29, 0.717) is 22.8 Å². The number of nitrogens with one attached hydrogen (secondary N) is 1. The first-order valence-corrected chi connectivity index (χ1v) is 11.7. The number of aromatic nitrogens is 2. The third kappa shape index (κ3) is 5.52. The second kappa shape index (κ2) is 10.8. The van der Waals surface area contributed by atoms with E-state index in [-0.39, 0.29) is 22.9 Å². The summed E-state index contributed by atoms with van der Waals surface area (Å²) in [6.45, 7) is 6.02. The molecule has 0 spiro atoms. The zero-order valence-electron chi connectivity index (χ0n) is 21.0. The van der Waals surface area contributed by atoms with Gasteiger partial charge in [0.1, 0.15) is 34.4 Å². The van der Waals surface area contributed by atoms with Crippen molar-refractivity contribution >= 4 is 23.3 Å². The maximum Gasteiger partial charge on any atom is 0.269 e. The van der Waals surface area contributed by atoms with Gasteiger partial charge in [-0.2, -0.15) is 10.2 Å². The first-order chi connectivity index (χ1) is 17.8. The molecular formula is C29H26N4O4. The van der Waals surface area contributed by atoms with Crippen LogP contribution in [0.2, 0.25) is 0 Å².